The number of carbonyl (C=O) groups excluding carboxylic acids is 1. The molecule has 0 amide bonds. The van der Waals surface area contributed by atoms with Crippen LogP contribution in [0.3, 0.4) is 0 Å². The monoisotopic (exact) mass is 268 g/mol. The smallest absolute Gasteiger partial charge is 0.137 e. The Morgan fingerprint density at radius 1 is 1.05 bits per heavy atom. The summed E-state index contributed by atoms with van der Waals surface area (Å²) < 4.78 is 5.34. The SMILES string of the molecule is O=C(Cc1ccc2ccccc2c1)CC1CCOCC1. The van der Waals surface area contributed by atoms with Crippen LogP contribution in [0.15, 0.2) is 42.5 Å². The molecule has 0 spiro atoms. The van der Waals surface area contributed by atoms with Crippen molar-refractivity contribution in [3.8, 4) is 0 Å². The average molecular weight is 268 g/mol. The summed E-state index contributed by atoms with van der Waals surface area (Å²) in [7, 11) is 0. The van der Waals surface area contributed by atoms with E-state index in [9.17, 15) is 4.79 Å². The Morgan fingerprint density at radius 3 is 2.60 bits per heavy atom. The number of rotatable bonds is 4. The molecule has 0 N–H and O–H groups in total. The van der Waals surface area contributed by atoms with Gasteiger partial charge in [-0.1, -0.05) is 42.5 Å². The number of carbonyl (C=O) groups is 1. The quantitative estimate of drug-likeness (QED) is 0.843. The molecule has 2 aromatic rings. The summed E-state index contributed by atoms with van der Waals surface area (Å²) in [5, 5.41) is 2.44. The first-order chi connectivity index (χ1) is 9.81. The minimum Gasteiger partial charge on any atom is -0.381 e. The van der Waals surface area contributed by atoms with E-state index >= 15 is 0 Å². The van der Waals surface area contributed by atoms with Gasteiger partial charge in [-0.05, 0) is 35.1 Å². The Labute approximate surface area is 119 Å². The molecule has 0 aliphatic carbocycles. The van der Waals surface area contributed by atoms with Gasteiger partial charge in [-0.3, -0.25) is 4.79 Å². The van der Waals surface area contributed by atoms with Gasteiger partial charge in [0.15, 0.2) is 0 Å². The molecule has 0 bridgehead atoms. The lowest BCUT2D eigenvalue weighted by molar-refractivity contribution is -0.120. The third kappa shape index (κ3) is 3.26. The van der Waals surface area contributed by atoms with E-state index in [0.717, 1.165) is 31.6 Å². The lowest BCUT2D eigenvalue weighted by Gasteiger charge is -2.21. The van der Waals surface area contributed by atoms with E-state index in [-0.39, 0.29) is 0 Å². The summed E-state index contributed by atoms with van der Waals surface area (Å²) in [5.41, 5.74) is 1.13. The maximum absolute atomic E-state index is 12.2. The van der Waals surface area contributed by atoms with Gasteiger partial charge in [0.05, 0.1) is 0 Å². The van der Waals surface area contributed by atoms with E-state index in [1.54, 1.807) is 0 Å². The molecule has 1 saturated heterocycles. The predicted octanol–water partition coefficient (Wildman–Crippen LogP) is 3.77. The number of hydrogen-bond donors (Lipinski definition) is 0. The van der Waals surface area contributed by atoms with Crippen LogP contribution in [-0.2, 0) is 16.0 Å². The second-order valence-corrected chi connectivity index (χ2v) is 5.66. The highest BCUT2D eigenvalue weighted by Crippen LogP contribution is 2.21. The molecule has 1 aliphatic heterocycles. The van der Waals surface area contributed by atoms with Crippen molar-refractivity contribution < 1.29 is 9.53 Å². The second-order valence-electron chi connectivity index (χ2n) is 5.66. The van der Waals surface area contributed by atoms with E-state index in [0.29, 0.717) is 24.5 Å². The van der Waals surface area contributed by atoms with E-state index < -0.39 is 0 Å². The number of ketones is 1. The topological polar surface area (TPSA) is 26.3 Å². The van der Waals surface area contributed by atoms with Crippen molar-refractivity contribution in [2.45, 2.75) is 25.7 Å². The van der Waals surface area contributed by atoms with Crippen LogP contribution in [0.25, 0.3) is 10.8 Å². The van der Waals surface area contributed by atoms with Crippen molar-refractivity contribution in [2.75, 3.05) is 13.2 Å². The minimum absolute atomic E-state index is 0.354. The predicted molar refractivity (Wildman–Crippen MR) is 80.8 cm³/mol. The van der Waals surface area contributed by atoms with Crippen LogP contribution >= 0.6 is 0 Å². The summed E-state index contributed by atoms with van der Waals surface area (Å²) in [5.74, 6) is 0.879. The maximum Gasteiger partial charge on any atom is 0.137 e. The molecule has 0 saturated carbocycles. The Bertz CT molecular complexity index is 597. The van der Waals surface area contributed by atoms with Gasteiger partial charge in [0.25, 0.3) is 0 Å². The molecule has 3 rings (SSSR count). The Hall–Kier alpha value is -1.67. The second kappa shape index (κ2) is 6.19. The van der Waals surface area contributed by atoms with Crippen LogP contribution in [0.5, 0.6) is 0 Å². The number of benzene rings is 2. The summed E-state index contributed by atoms with van der Waals surface area (Å²) in [6.45, 7) is 1.63. The first kappa shape index (κ1) is 13.3. The minimum atomic E-state index is 0.354. The average Bonchev–Trinajstić information content (AvgIpc) is 2.48. The summed E-state index contributed by atoms with van der Waals surface area (Å²) >= 11 is 0. The zero-order valence-corrected chi connectivity index (χ0v) is 11.7. The Morgan fingerprint density at radius 2 is 1.80 bits per heavy atom. The maximum atomic E-state index is 12.2. The van der Waals surface area contributed by atoms with Gasteiger partial charge in [-0.25, -0.2) is 0 Å². The largest absolute Gasteiger partial charge is 0.381 e. The molecular formula is C18H20O2. The van der Waals surface area contributed by atoms with Crippen molar-refractivity contribution >= 4 is 16.6 Å². The first-order valence-corrected chi connectivity index (χ1v) is 7.38. The highest BCUT2D eigenvalue weighted by molar-refractivity contribution is 5.86. The van der Waals surface area contributed by atoms with Gasteiger partial charge >= 0.3 is 0 Å². The fraction of sp³-hybridized carbons (Fsp3) is 0.389. The normalized spacial score (nSPS) is 16.4. The van der Waals surface area contributed by atoms with Crippen molar-refractivity contribution in [3.63, 3.8) is 0 Å². The molecule has 2 heteroatoms. The first-order valence-electron chi connectivity index (χ1n) is 7.38. The zero-order valence-electron chi connectivity index (χ0n) is 11.7. The summed E-state index contributed by atoms with van der Waals surface area (Å²) in [6.07, 6.45) is 3.32. The lowest BCUT2D eigenvalue weighted by Crippen LogP contribution is -2.19. The molecule has 104 valence electrons. The Balaban J connectivity index is 1.64. The van der Waals surface area contributed by atoms with E-state index in [1.807, 2.05) is 12.1 Å². The molecule has 20 heavy (non-hydrogen) atoms. The van der Waals surface area contributed by atoms with Crippen LogP contribution in [0.1, 0.15) is 24.8 Å². The van der Waals surface area contributed by atoms with Gasteiger partial charge in [0.2, 0.25) is 0 Å². The van der Waals surface area contributed by atoms with E-state index in [2.05, 4.69) is 30.3 Å². The number of hydrogen-bond acceptors (Lipinski definition) is 2. The van der Waals surface area contributed by atoms with Crippen LogP contribution < -0.4 is 0 Å². The molecule has 1 aliphatic rings. The molecule has 1 fully saturated rings. The highest BCUT2D eigenvalue weighted by atomic mass is 16.5. The van der Waals surface area contributed by atoms with Gasteiger partial charge in [0.1, 0.15) is 5.78 Å². The molecule has 0 unspecified atom stereocenters. The molecule has 2 aromatic carbocycles. The van der Waals surface area contributed by atoms with Crippen molar-refractivity contribution in [1.82, 2.24) is 0 Å². The molecule has 2 nitrogen and oxygen atoms in total. The standard InChI is InChI=1S/C18H20O2/c19-18(12-14-7-9-20-10-8-14)13-15-5-6-16-3-1-2-4-17(16)11-15/h1-6,11,14H,7-10,12-13H2. The molecule has 1 heterocycles. The number of Topliss-reactive ketones (excluding diaryl/α,β-unsaturated/α-hetero) is 1. The highest BCUT2D eigenvalue weighted by Gasteiger charge is 2.17. The van der Waals surface area contributed by atoms with Crippen molar-refractivity contribution in [2.24, 2.45) is 5.92 Å². The Kier molecular flexibility index (Phi) is 4.12. The zero-order chi connectivity index (χ0) is 13.8. The van der Waals surface area contributed by atoms with Gasteiger partial charge in [-0.2, -0.15) is 0 Å². The van der Waals surface area contributed by atoms with Crippen molar-refractivity contribution in [1.29, 1.82) is 0 Å². The lowest BCUT2D eigenvalue weighted by atomic mass is 9.92. The van der Waals surface area contributed by atoms with E-state index in [4.69, 9.17) is 4.74 Å². The van der Waals surface area contributed by atoms with Crippen LogP contribution in [0.4, 0.5) is 0 Å². The number of ether oxygens (including phenoxy) is 1. The molecule has 0 radical (unpaired) electrons. The van der Waals surface area contributed by atoms with E-state index in [1.165, 1.54) is 10.8 Å². The summed E-state index contributed by atoms with van der Waals surface area (Å²) in [6, 6.07) is 14.6. The summed E-state index contributed by atoms with van der Waals surface area (Å²) in [4.78, 5) is 12.2. The third-order valence-corrected chi connectivity index (χ3v) is 4.07. The fourth-order valence-electron chi connectivity index (χ4n) is 2.92. The third-order valence-electron chi connectivity index (χ3n) is 4.07. The van der Waals surface area contributed by atoms with Gasteiger partial charge in [0, 0.05) is 26.1 Å². The molecular weight excluding hydrogens is 248 g/mol. The van der Waals surface area contributed by atoms with Gasteiger partial charge in [-0.15, -0.1) is 0 Å². The molecule has 0 aromatic heterocycles. The molecule has 0 atom stereocenters. The van der Waals surface area contributed by atoms with Crippen LogP contribution in [-0.4, -0.2) is 19.0 Å². The van der Waals surface area contributed by atoms with Crippen LogP contribution in [0, 0.1) is 5.92 Å². The van der Waals surface area contributed by atoms with Crippen molar-refractivity contribution in [3.05, 3.63) is 48.0 Å². The number of fused-ring (bicyclic) bond motifs is 1. The van der Waals surface area contributed by atoms with Crippen LogP contribution in [0.2, 0.25) is 0 Å². The van der Waals surface area contributed by atoms with Gasteiger partial charge < -0.3 is 4.74 Å². The fourth-order valence-corrected chi connectivity index (χ4v) is 2.92.